The molecule has 12 heteroatoms. The van der Waals surface area contributed by atoms with Crippen molar-refractivity contribution in [2.24, 2.45) is 0 Å². The number of carbonyl (C=O) groups excluding carboxylic acids is 6. The zero-order valence-electron chi connectivity index (χ0n) is 27.1. The topological polar surface area (TPSA) is 158 Å². The van der Waals surface area contributed by atoms with Crippen LogP contribution in [-0.4, -0.2) is 83.3 Å². The minimum atomic E-state index is -2.32. The van der Waals surface area contributed by atoms with Crippen molar-refractivity contribution in [3.63, 3.8) is 0 Å². The first-order valence-electron chi connectivity index (χ1n) is 16.0. The molecule has 0 unspecified atom stereocenters. The van der Waals surface area contributed by atoms with Gasteiger partial charge in [0.2, 0.25) is 34.3 Å². The smallest absolute Gasteiger partial charge is 0.304 e. The molecule has 248 valence electrons. The van der Waals surface area contributed by atoms with Gasteiger partial charge in [0, 0.05) is 61.8 Å². The molecular weight excluding hydrogens is 600 g/mol. The standard InChI is InChI=1S/C34H40O12/c1-17-9-7-11-33(43-17)13-21-23(15-41-33)27(37)31(5,45-19(3)35)29(39)25(21)26-22-14-34(12-8-10-18(2)44-34)42-16-24(22)28(38)32(6,30(26)40)46-20(4)36/h17-18H,7-16H2,1-6H3/t17-,18-,31+,32+,33-,34-/m1/s1. The van der Waals surface area contributed by atoms with Crippen LogP contribution in [0.2, 0.25) is 0 Å². The second-order valence-corrected chi connectivity index (χ2v) is 13.6. The Hall–Kier alpha value is -3.32. The molecule has 4 aliphatic heterocycles. The summed E-state index contributed by atoms with van der Waals surface area (Å²) in [4.78, 5) is 82.1. The lowest BCUT2D eigenvalue weighted by molar-refractivity contribution is -0.277. The van der Waals surface area contributed by atoms with Crippen LogP contribution in [0.5, 0.6) is 0 Å². The van der Waals surface area contributed by atoms with Gasteiger partial charge < -0.3 is 28.4 Å². The third-order valence-corrected chi connectivity index (χ3v) is 10.0. The van der Waals surface area contributed by atoms with Crippen LogP contribution < -0.4 is 0 Å². The summed E-state index contributed by atoms with van der Waals surface area (Å²) in [7, 11) is 0. The van der Waals surface area contributed by atoms with Gasteiger partial charge in [0.15, 0.2) is 11.6 Å². The quantitative estimate of drug-likeness (QED) is 0.247. The maximum Gasteiger partial charge on any atom is 0.304 e. The van der Waals surface area contributed by atoms with E-state index < -0.39 is 57.8 Å². The van der Waals surface area contributed by atoms with Gasteiger partial charge in [0.25, 0.3) is 0 Å². The Morgan fingerprint density at radius 1 is 0.630 bits per heavy atom. The summed E-state index contributed by atoms with van der Waals surface area (Å²) >= 11 is 0. The number of rotatable bonds is 2. The minimum absolute atomic E-state index is 0.0393. The van der Waals surface area contributed by atoms with Crippen LogP contribution in [-0.2, 0) is 57.2 Å². The largest absolute Gasteiger partial charge is 0.443 e. The number of Topliss-reactive ketones (excluding diaryl/α,β-unsaturated/α-hetero) is 4. The molecule has 0 aromatic heterocycles. The van der Waals surface area contributed by atoms with Crippen molar-refractivity contribution in [1.82, 2.24) is 0 Å². The number of ketones is 4. The van der Waals surface area contributed by atoms with Gasteiger partial charge >= 0.3 is 11.9 Å². The van der Waals surface area contributed by atoms with Gasteiger partial charge in [0.1, 0.15) is 0 Å². The van der Waals surface area contributed by atoms with E-state index in [1.54, 1.807) is 0 Å². The monoisotopic (exact) mass is 640 g/mol. The predicted octanol–water partition coefficient (Wildman–Crippen LogP) is 3.23. The van der Waals surface area contributed by atoms with Crippen LogP contribution in [0.4, 0.5) is 0 Å². The van der Waals surface area contributed by atoms with Crippen LogP contribution in [0.25, 0.3) is 0 Å². The lowest BCUT2D eigenvalue weighted by Gasteiger charge is -2.48. The first-order valence-corrected chi connectivity index (χ1v) is 16.0. The van der Waals surface area contributed by atoms with E-state index in [9.17, 15) is 28.8 Å². The zero-order valence-corrected chi connectivity index (χ0v) is 27.1. The molecule has 0 aromatic carbocycles. The van der Waals surface area contributed by atoms with E-state index in [1.807, 2.05) is 13.8 Å². The summed E-state index contributed by atoms with van der Waals surface area (Å²) in [5, 5.41) is 0. The van der Waals surface area contributed by atoms with Gasteiger partial charge in [-0.2, -0.15) is 0 Å². The van der Waals surface area contributed by atoms with Crippen LogP contribution in [0, 0.1) is 0 Å². The van der Waals surface area contributed by atoms with Crippen LogP contribution in [0.15, 0.2) is 33.4 Å². The van der Waals surface area contributed by atoms with Gasteiger partial charge in [-0.1, -0.05) is 0 Å². The van der Waals surface area contributed by atoms with Gasteiger partial charge in [-0.15, -0.1) is 0 Å². The Labute approximate surface area is 266 Å². The Morgan fingerprint density at radius 2 is 1.00 bits per heavy atom. The van der Waals surface area contributed by atoms with E-state index in [0.717, 1.165) is 39.5 Å². The van der Waals surface area contributed by atoms with E-state index in [0.29, 0.717) is 12.8 Å². The summed E-state index contributed by atoms with van der Waals surface area (Å²) < 4.78 is 35.8. The number of hydrogen-bond donors (Lipinski definition) is 0. The van der Waals surface area contributed by atoms with Crippen LogP contribution in [0.3, 0.4) is 0 Å². The van der Waals surface area contributed by atoms with Gasteiger partial charge in [-0.3, -0.25) is 28.8 Å². The SMILES string of the molecule is CC(=O)O[C@@]1(C)C(=O)C2=C(C[C@]3(CCC[C@@H](C)O3)OC2)C(=C2C(=O)[C@@](C)(OC(C)=O)C(=O)C3=C2C[C@]2(CCC[C@@H](C)O2)OC3)C1=O. The Morgan fingerprint density at radius 3 is 1.33 bits per heavy atom. The van der Waals surface area contributed by atoms with E-state index in [-0.39, 0.29) is 71.7 Å². The van der Waals surface area contributed by atoms with Crippen molar-refractivity contribution in [3.8, 4) is 0 Å². The third-order valence-electron chi connectivity index (χ3n) is 10.0. The van der Waals surface area contributed by atoms with Crippen LogP contribution in [0.1, 0.15) is 92.9 Å². The molecule has 4 heterocycles. The fourth-order valence-electron chi connectivity index (χ4n) is 7.90. The lowest BCUT2D eigenvalue weighted by atomic mass is 9.65. The molecule has 6 aliphatic rings. The Kier molecular flexibility index (Phi) is 7.90. The number of ether oxygens (including phenoxy) is 6. The maximum absolute atomic E-state index is 14.7. The molecule has 0 bridgehead atoms. The summed E-state index contributed by atoms with van der Waals surface area (Å²) in [5.41, 5.74) is -4.38. The molecule has 2 spiro atoms. The average Bonchev–Trinajstić information content (AvgIpc) is 2.96. The summed E-state index contributed by atoms with van der Waals surface area (Å²) in [6.45, 7) is 7.87. The van der Waals surface area contributed by atoms with Gasteiger partial charge in [0.05, 0.1) is 25.4 Å². The molecule has 2 aliphatic carbocycles. The zero-order chi connectivity index (χ0) is 33.4. The lowest BCUT2D eigenvalue weighted by Crippen LogP contribution is -2.59. The number of esters is 2. The number of hydrogen-bond acceptors (Lipinski definition) is 12. The van der Waals surface area contributed by atoms with E-state index in [4.69, 9.17) is 28.4 Å². The van der Waals surface area contributed by atoms with E-state index in [1.165, 1.54) is 13.8 Å². The molecule has 6 atom stereocenters. The predicted molar refractivity (Wildman–Crippen MR) is 157 cm³/mol. The molecule has 12 nitrogen and oxygen atoms in total. The average molecular weight is 641 g/mol. The van der Waals surface area contributed by atoms with Crippen LogP contribution >= 0.6 is 0 Å². The van der Waals surface area contributed by atoms with Crippen molar-refractivity contribution in [3.05, 3.63) is 33.4 Å². The summed E-state index contributed by atoms with van der Waals surface area (Å²) in [6, 6.07) is 0. The molecule has 0 saturated carbocycles. The molecule has 46 heavy (non-hydrogen) atoms. The van der Waals surface area contributed by atoms with Crippen molar-refractivity contribution >= 4 is 35.1 Å². The highest BCUT2D eigenvalue weighted by Gasteiger charge is 2.61. The molecule has 0 radical (unpaired) electrons. The molecular formula is C34H40O12. The second-order valence-electron chi connectivity index (χ2n) is 13.6. The van der Waals surface area contributed by atoms with Crippen molar-refractivity contribution in [2.45, 2.75) is 128 Å². The van der Waals surface area contributed by atoms with E-state index in [2.05, 4.69) is 0 Å². The number of carbonyl (C=O) groups is 6. The molecule has 6 rings (SSSR count). The molecule has 2 fully saturated rings. The highest BCUT2D eigenvalue weighted by atomic mass is 16.7. The van der Waals surface area contributed by atoms with E-state index >= 15 is 0 Å². The highest BCUT2D eigenvalue weighted by molar-refractivity contribution is 6.34. The first-order chi connectivity index (χ1) is 21.5. The molecule has 2 saturated heterocycles. The fraction of sp³-hybridized carbons (Fsp3) is 0.647. The Bertz CT molecular complexity index is 1450. The third kappa shape index (κ3) is 5.04. The molecule has 0 amide bonds. The summed E-state index contributed by atoms with van der Waals surface area (Å²) in [5.74, 6) is -7.42. The Balaban J connectivity index is 1.64. The molecule has 0 N–H and O–H groups in total. The van der Waals surface area contributed by atoms with Gasteiger partial charge in [-0.25, -0.2) is 0 Å². The minimum Gasteiger partial charge on any atom is -0.443 e. The normalized spacial score (nSPS) is 39.9. The van der Waals surface area contributed by atoms with Crippen molar-refractivity contribution in [1.29, 1.82) is 0 Å². The molecule has 0 aromatic rings. The second kappa shape index (κ2) is 11.1. The summed E-state index contributed by atoms with van der Waals surface area (Å²) in [6.07, 6.45) is 3.69. The van der Waals surface area contributed by atoms with Crippen molar-refractivity contribution in [2.75, 3.05) is 13.2 Å². The first kappa shape index (κ1) is 32.6. The highest BCUT2D eigenvalue weighted by Crippen LogP contribution is 2.52. The van der Waals surface area contributed by atoms with Crippen molar-refractivity contribution < 1.29 is 57.2 Å². The van der Waals surface area contributed by atoms with Gasteiger partial charge in [-0.05, 0) is 64.5 Å². The fourth-order valence-corrected chi connectivity index (χ4v) is 7.90. The maximum atomic E-state index is 14.7.